The topological polar surface area (TPSA) is 40.5 Å². The minimum absolute atomic E-state index is 0.727. The Kier molecular flexibility index (Phi) is 4.37. The molecule has 2 N–H and O–H groups in total. The van der Waals surface area contributed by atoms with Crippen molar-refractivity contribution in [1.82, 2.24) is 0 Å². The largest absolute Gasteiger partial charge is 0.388 e. The second-order valence-electron chi connectivity index (χ2n) is 5.06. The normalized spacial score (nSPS) is 19.5. The van der Waals surface area contributed by atoms with Gasteiger partial charge in [0.1, 0.15) is 0 Å². The van der Waals surface area contributed by atoms with Crippen molar-refractivity contribution in [1.29, 1.82) is 0 Å². The Morgan fingerprint density at radius 3 is 1.33 bits per heavy atom. The first-order valence-corrected chi connectivity index (χ1v) is 6.99. The van der Waals surface area contributed by atoms with Crippen molar-refractivity contribution in [3.8, 4) is 0 Å². The fourth-order valence-electron chi connectivity index (χ4n) is 2.58. The van der Waals surface area contributed by atoms with Crippen LogP contribution in [0.3, 0.4) is 0 Å². The van der Waals surface area contributed by atoms with Gasteiger partial charge in [0.25, 0.3) is 0 Å². The van der Waals surface area contributed by atoms with Crippen molar-refractivity contribution in [2.75, 3.05) is 0 Å². The van der Waals surface area contributed by atoms with Crippen LogP contribution in [0.25, 0.3) is 0 Å². The molecule has 0 saturated heterocycles. The molecular weight excluding hydrogens is 260 g/mol. The molecular formula is C19H17O2. The van der Waals surface area contributed by atoms with Crippen molar-refractivity contribution in [2.45, 2.75) is 12.2 Å². The summed E-state index contributed by atoms with van der Waals surface area (Å²) in [4.78, 5) is 0. The number of aliphatic hydroxyl groups excluding tert-OH is 2. The highest BCUT2D eigenvalue weighted by atomic mass is 16.3. The van der Waals surface area contributed by atoms with E-state index in [2.05, 4.69) is 0 Å². The lowest BCUT2D eigenvalue weighted by Crippen LogP contribution is -2.20. The van der Waals surface area contributed by atoms with Crippen LogP contribution in [-0.4, -0.2) is 10.2 Å². The molecule has 1 saturated carbocycles. The quantitative estimate of drug-likeness (QED) is 0.900. The standard InChI is InChI=1S/C19H17O2/c20-18(14-8-3-1-4-9-14)16-12-7-13-17(16)19(21)15-10-5-2-6-11-15/h1-13,18-21H/t18-,19-/m0/s1. The van der Waals surface area contributed by atoms with E-state index >= 15 is 0 Å². The molecule has 0 heterocycles. The predicted octanol–water partition coefficient (Wildman–Crippen LogP) is 3.23. The highest BCUT2D eigenvalue weighted by Gasteiger charge is 2.39. The van der Waals surface area contributed by atoms with E-state index in [1.165, 1.54) is 0 Å². The van der Waals surface area contributed by atoms with E-state index in [4.69, 9.17) is 0 Å². The molecule has 0 aromatic heterocycles. The zero-order valence-electron chi connectivity index (χ0n) is 11.6. The fraction of sp³-hybridized carbons (Fsp3) is 0.105. The average Bonchev–Trinajstić information content (AvgIpc) is 3.04. The van der Waals surface area contributed by atoms with Gasteiger partial charge in [-0.1, -0.05) is 60.7 Å². The molecule has 0 unspecified atom stereocenters. The molecule has 2 heteroatoms. The van der Waals surface area contributed by atoms with Crippen molar-refractivity contribution in [2.24, 2.45) is 0 Å². The molecule has 0 amide bonds. The molecule has 1 fully saturated rings. The van der Waals surface area contributed by atoms with Crippen LogP contribution in [0.1, 0.15) is 23.3 Å². The Bertz CT molecular complexity index is 501. The van der Waals surface area contributed by atoms with Gasteiger partial charge in [-0.2, -0.15) is 0 Å². The third-order valence-electron chi connectivity index (χ3n) is 3.70. The lowest BCUT2D eigenvalue weighted by molar-refractivity contribution is 0.161. The van der Waals surface area contributed by atoms with E-state index in [1.54, 1.807) is 0 Å². The van der Waals surface area contributed by atoms with Crippen LogP contribution in [0, 0.1) is 31.1 Å². The van der Waals surface area contributed by atoms with E-state index in [0.717, 1.165) is 23.0 Å². The molecule has 0 spiro atoms. The minimum atomic E-state index is -0.727. The summed E-state index contributed by atoms with van der Waals surface area (Å²) in [5.41, 5.74) is 1.65. The third kappa shape index (κ3) is 3.02. The second-order valence-corrected chi connectivity index (χ2v) is 5.06. The average molecular weight is 277 g/mol. The van der Waals surface area contributed by atoms with Crippen LogP contribution in [0.4, 0.5) is 0 Å². The van der Waals surface area contributed by atoms with Crippen molar-refractivity contribution < 1.29 is 10.2 Å². The summed E-state index contributed by atoms with van der Waals surface area (Å²) >= 11 is 0. The minimum Gasteiger partial charge on any atom is -0.388 e. The maximum absolute atomic E-state index is 10.5. The first kappa shape index (κ1) is 14.3. The van der Waals surface area contributed by atoms with Gasteiger partial charge < -0.3 is 10.2 Å². The van der Waals surface area contributed by atoms with Gasteiger partial charge in [-0.3, -0.25) is 0 Å². The molecule has 21 heavy (non-hydrogen) atoms. The SMILES string of the molecule is O[C@H]([C]1[CH][CH][CH][C]1[C@@H](O)c1ccccc1)c1ccccc1. The van der Waals surface area contributed by atoms with Crippen molar-refractivity contribution >= 4 is 0 Å². The van der Waals surface area contributed by atoms with E-state index in [-0.39, 0.29) is 0 Å². The Morgan fingerprint density at radius 1 is 0.571 bits per heavy atom. The molecule has 3 rings (SSSR count). The van der Waals surface area contributed by atoms with Gasteiger partial charge in [0.2, 0.25) is 0 Å². The highest BCUT2D eigenvalue weighted by molar-refractivity contribution is 5.51. The van der Waals surface area contributed by atoms with Crippen LogP contribution in [0.2, 0.25) is 0 Å². The van der Waals surface area contributed by atoms with Gasteiger partial charge in [0, 0.05) is 11.8 Å². The summed E-state index contributed by atoms with van der Waals surface area (Å²) in [7, 11) is 0. The summed E-state index contributed by atoms with van der Waals surface area (Å²) in [5.74, 6) is 1.50. The first-order valence-electron chi connectivity index (χ1n) is 6.99. The Balaban J connectivity index is 1.79. The molecule has 1 aliphatic carbocycles. The van der Waals surface area contributed by atoms with Gasteiger partial charge in [-0.15, -0.1) is 0 Å². The molecule has 0 bridgehead atoms. The van der Waals surface area contributed by atoms with E-state index in [1.807, 2.05) is 79.9 Å². The second kappa shape index (κ2) is 6.42. The summed E-state index contributed by atoms with van der Waals surface area (Å²) < 4.78 is 0. The highest BCUT2D eigenvalue weighted by Crippen LogP contribution is 2.47. The van der Waals surface area contributed by atoms with Crippen LogP contribution in [0.5, 0.6) is 0 Å². The summed E-state index contributed by atoms with van der Waals surface area (Å²) in [6, 6.07) is 19.0. The molecule has 2 nitrogen and oxygen atoms in total. The maximum atomic E-state index is 10.5. The lowest BCUT2D eigenvalue weighted by atomic mass is 9.81. The zero-order chi connectivity index (χ0) is 14.7. The van der Waals surface area contributed by atoms with Crippen LogP contribution < -0.4 is 0 Å². The predicted molar refractivity (Wildman–Crippen MR) is 82.2 cm³/mol. The summed E-state index contributed by atoms with van der Waals surface area (Å²) in [6.07, 6.45) is 4.13. The number of benzene rings is 2. The monoisotopic (exact) mass is 277 g/mol. The molecule has 1 aliphatic rings. The Hall–Kier alpha value is -1.64. The number of hydrogen-bond donors (Lipinski definition) is 2. The van der Waals surface area contributed by atoms with Gasteiger partial charge in [0.05, 0.1) is 12.2 Å². The van der Waals surface area contributed by atoms with Gasteiger partial charge in [-0.25, -0.2) is 0 Å². The van der Waals surface area contributed by atoms with E-state index in [0.29, 0.717) is 0 Å². The maximum Gasteiger partial charge on any atom is 0.0862 e. The van der Waals surface area contributed by atoms with Crippen molar-refractivity contribution in [3.63, 3.8) is 0 Å². The number of hydrogen-bond acceptors (Lipinski definition) is 2. The zero-order valence-corrected chi connectivity index (χ0v) is 11.6. The van der Waals surface area contributed by atoms with E-state index < -0.39 is 12.2 Å². The van der Waals surface area contributed by atoms with Crippen LogP contribution in [-0.2, 0) is 0 Å². The smallest absolute Gasteiger partial charge is 0.0862 e. The molecule has 105 valence electrons. The Labute approximate surface area is 126 Å². The van der Waals surface area contributed by atoms with Gasteiger partial charge in [0.15, 0.2) is 0 Å². The first-order chi connectivity index (χ1) is 10.3. The van der Waals surface area contributed by atoms with Crippen molar-refractivity contribution in [3.05, 3.63) is 103 Å². The lowest BCUT2D eigenvalue weighted by Gasteiger charge is -2.27. The molecule has 0 aliphatic heterocycles. The van der Waals surface area contributed by atoms with Crippen LogP contribution in [0.15, 0.2) is 60.7 Å². The molecule has 2 atom stereocenters. The van der Waals surface area contributed by atoms with Crippen LogP contribution >= 0.6 is 0 Å². The molecule has 2 aromatic rings. The fourth-order valence-corrected chi connectivity index (χ4v) is 2.58. The van der Waals surface area contributed by atoms with Gasteiger partial charge in [-0.05, 0) is 30.4 Å². The summed E-state index contributed by atoms with van der Waals surface area (Å²) in [5, 5.41) is 21.1. The Morgan fingerprint density at radius 2 is 0.952 bits per heavy atom. The number of rotatable bonds is 4. The third-order valence-corrected chi connectivity index (χ3v) is 3.70. The molecule has 5 radical (unpaired) electrons. The van der Waals surface area contributed by atoms with E-state index in [9.17, 15) is 10.2 Å². The molecule has 2 aromatic carbocycles. The number of aliphatic hydroxyl groups is 2. The van der Waals surface area contributed by atoms with Gasteiger partial charge >= 0.3 is 0 Å². The summed E-state index contributed by atoms with van der Waals surface area (Å²) in [6.45, 7) is 0.